The molecule has 25 heavy (non-hydrogen) atoms. The van der Waals surface area contributed by atoms with Crippen molar-refractivity contribution in [3.05, 3.63) is 65.5 Å². The minimum atomic E-state index is 0.216. The quantitative estimate of drug-likeness (QED) is 0.841. The van der Waals surface area contributed by atoms with E-state index in [9.17, 15) is 4.79 Å². The number of aromatic nitrogens is 1. The van der Waals surface area contributed by atoms with Gasteiger partial charge in [0.2, 0.25) is 5.91 Å². The van der Waals surface area contributed by atoms with E-state index >= 15 is 0 Å². The third kappa shape index (κ3) is 4.88. The van der Waals surface area contributed by atoms with Gasteiger partial charge in [-0.3, -0.25) is 14.7 Å². The first kappa shape index (κ1) is 17.1. The number of amides is 1. The summed E-state index contributed by atoms with van der Waals surface area (Å²) in [4.78, 5) is 20.8. The lowest BCUT2D eigenvalue weighted by Crippen LogP contribution is -2.48. The highest BCUT2D eigenvalue weighted by molar-refractivity contribution is 5.76. The van der Waals surface area contributed by atoms with Gasteiger partial charge in [-0.2, -0.15) is 5.26 Å². The molecule has 0 bridgehead atoms. The molecule has 0 saturated carbocycles. The van der Waals surface area contributed by atoms with Gasteiger partial charge in [0.05, 0.1) is 11.6 Å². The Morgan fingerprint density at radius 2 is 1.68 bits per heavy atom. The second-order valence-corrected chi connectivity index (χ2v) is 6.32. The van der Waals surface area contributed by atoms with Gasteiger partial charge in [-0.15, -0.1) is 0 Å². The summed E-state index contributed by atoms with van der Waals surface area (Å²) in [5, 5.41) is 8.81. The summed E-state index contributed by atoms with van der Waals surface area (Å²) in [6.07, 6.45) is 4.88. The van der Waals surface area contributed by atoms with E-state index in [4.69, 9.17) is 5.26 Å². The number of hydrogen-bond donors (Lipinski definition) is 0. The molecule has 1 saturated heterocycles. The molecule has 1 aromatic carbocycles. The predicted molar refractivity (Wildman–Crippen MR) is 95.6 cm³/mol. The maximum Gasteiger partial charge on any atom is 0.222 e. The van der Waals surface area contributed by atoms with Crippen molar-refractivity contribution in [3.8, 4) is 6.07 Å². The molecular weight excluding hydrogens is 312 g/mol. The average molecular weight is 334 g/mol. The second-order valence-electron chi connectivity index (χ2n) is 6.32. The monoisotopic (exact) mass is 334 g/mol. The Morgan fingerprint density at radius 3 is 2.32 bits per heavy atom. The van der Waals surface area contributed by atoms with Gasteiger partial charge in [-0.25, -0.2) is 0 Å². The van der Waals surface area contributed by atoms with Gasteiger partial charge in [0, 0.05) is 51.5 Å². The molecular formula is C20H22N4O. The Kier molecular flexibility index (Phi) is 5.76. The van der Waals surface area contributed by atoms with Crippen molar-refractivity contribution in [1.82, 2.24) is 14.8 Å². The van der Waals surface area contributed by atoms with Crippen LogP contribution in [0.2, 0.25) is 0 Å². The van der Waals surface area contributed by atoms with E-state index in [0.717, 1.165) is 44.7 Å². The number of carbonyl (C=O) groups is 1. The zero-order valence-electron chi connectivity index (χ0n) is 14.3. The van der Waals surface area contributed by atoms with Crippen LogP contribution in [0.25, 0.3) is 0 Å². The van der Waals surface area contributed by atoms with Crippen LogP contribution in [0, 0.1) is 11.3 Å². The summed E-state index contributed by atoms with van der Waals surface area (Å²) in [7, 11) is 0. The van der Waals surface area contributed by atoms with Crippen molar-refractivity contribution in [3.63, 3.8) is 0 Å². The summed E-state index contributed by atoms with van der Waals surface area (Å²) in [6.45, 7) is 4.31. The van der Waals surface area contributed by atoms with Crippen LogP contribution in [0.5, 0.6) is 0 Å². The zero-order valence-corrected chi connectivity index (χ0v) is 14.3. The van der Waals surface area contributed by atoms with E-state index in [-0.39, 0.29) is 5.91 Å². The number of nitrogens with zero attached hydrogens (tertiary/aromatic N) is 4. The summed E-state index contributed by atoms with van der Waals surface area (Å²) < 4.78 is 0. The topological polar surface area (TPSA) is 60.2 Å². The highest BCUT2D eigenvalue weighted by atomic mass is 16.2. The number of pyridine rings is 1. The normalized spacial score (nSPS) is 14.9. The second kappa shape index (κ2) is 8.41. The van der Waals surface area contributed by atoms with Crippen molar-refractivity contribution < 1.29 is 4.79 Å². The Balaban J connectivity index is 1.42. The average Bonchev–Trinajstić information content (AvgIpc) is 2.68. The third-order valence-electron chi connectivity index (χ3n) is 4.59. The van der Waals surface area contributed by atoms with Crippen LogP contribution in [0.1, 0.15) is 23.1 Å². The Labute approximate surface area is 148 Å². The molecule has 2 heterocycles. The largest absolute Gasteiger partial charge is 0.340 e. The number of aryl methyl sites for hydroxylation is 1. The van der Waals surface area contributed by atoms with Gasteiger partial charge in [0.1, 0.15) is 0 Å². The van der Waals surface area contributed by atoms with Crippen molar-refractivity contribution in [2.75, 3.05) is 26.2 Å². The van der Waals surface area contributed by atoms with E-state index < -0.39 is 0 Å². The summed E-state index contributed by atoms with van der Waals surface area (Å²) in [5.41, 5.74) is 3.01. The molecule has 0 unspecified atom stereocenters. The highest BCUT2D eigenvalue weighted by Crippen LogP contribution is 2.11. The van der Waals surface area contributed by atoms with Gasteiger partial charge in [0.25, 0.3) is 0 Å². The lowest BCUT2D eigenvalue weighted by atomic mass is 10.1. The number of rotatable bonds is 5. The number of nitriles is 1. The molecule has 128 valence electrons. The zero-order chi connectivity index (χ0) is 17.5. The Morgan fingerprint density at radius 1 is 1.00 bits per heavy atom. The van der Waals surface area contributed by atoms with Crippen molar-refractivity contribution >= 4 is 5.91 Å². The standard InChI is InChI=1S/C20H22N4O/c21-15-18-3-1-17(2-4-18)5-6-20(25)24-13-11-23(12-14-24)16-19-7-9-22-10-8-19/h1-4,7-10H,5-6,11-14,16H2. The van der Waals surface area contributed by atoms with E-state index in [1.54, 1.807) is 12.1 Å². The van der Waals surface area contributed by atoms with Gasteiger partial charge >= 0.3 is 0 Å². The molecule has 0 spiro atoms. The lowest BCUT2D eigenvalue weighted by molar-refractivity contribution is -0.133. The van der Waals surface area contributed by atoms with Crippen LogP contribution in [-0.4, -0.2) is 46.9 Å². The van der Waals surface area contributed by atoms with Gasteiger partial charge < -0.3 is 4.90 Å². The molecule has 1 aliphatic rings. The summed E-state index contributed by atoms with van der Waals surface area (Å²) in [6, 6.07) is 13.6. The minimum absolute atomic E-state index is 0.216. The summed E-state index contributed by atoms with van der Waals surface area (Å²) >= 11 is 0. The van der Waals surface area contributed by atoms with E-state index in [1.165, 1.54) is 5.56 Å². The van der Waals surface area contributed by atoms with Crippen molar-refractivity contribution in [1.29, 1.82) is 5.26 Å². The molecule has 0 radical (unpaired) electrons. The minimum Gasteiger partial charge on any atom is -0.340 e. The maximum atomic E-state index is 12.4. The van der Waals surface area contributed by atoms with Gasteiger partial charge in [-0.05, 0) is 41.8 Å². The van der Waals surface area contributed by atoms with Gasteiger partial charge in [-0.1, -0.05) is 12.1 Å². The first-order chi connectivity index (χ1) is 12.2. The molecule has 1 aliphatic heterocycles. The highest BCUT2D eigenvalue weighted by Gasteiger charge is 2.20. The lowest BCUT2D eigenvalue weighted by Gasteiger charge is -2.34. The molecule has 5 nitrogen and oxygen atoms in total. The van der Waals surface area contributed by atoms with Crippen LogP contribution in [0.3, 0.4) is 0 Å². The van der Waals surface area contributed by atoms with Crippen LogP contribution < -0.4 is 0 Å². The molecule has 0 aliphatic carbocycles. The Hall–Kier alpha value is -2.71. The van der Waals surface area contributed by atoms with Crippen LogP contribution in [0.15, 0.2) is 48.8 Å². The van der Waals surface area contributed by atoms with Crippen LogP contribution in [-0.2, 0) is 17.8 Å². The SMILES string of the molecule is N#Cc1ccc(CCC(=O)N2CCN(Cc3ccncc3)CC2)cc1. The summed E-state index contributed by atoms with van der Waals surface area (Å²) in [5.74, 6) is 0.216. The fraction of sp³-hybridized carbons (Fsp3) is 0.350. The van der Waals surface area contributed by atoms with Crippen LogP contribution >= 0.6 is 0 Å². The molecule has 3 rings (SSSR count). The number of benzene rings is 1. The Bertz CT molecular complexity index is 729. The number of carbonyl (C=O) groups excluding carboxylic acids is 1. The first-order valence-electron chi connectivity index (χ1n) is 8.62. The molecule has 1 aromatic heterocycles. The molecule has 5 heteroatoms. The van der Waals surface area contributed by atoms with E-state index in [2.05, 4.69) is 16.0 Å². The van der Waals surface area contributed by atoms with E-state index in [0.29, 0.717) is 12.0 Å². The first-order valence-corrected chi connectivity index (χ1v) is 8.62. The molecule has 2 aromatic rings. The fourth-order valence-electron chi connectivity index (χ4n) is 3.06. The molecule has 0 atom stereocenters. The van der Waals surface area contributed by atoms with Gasteiger partial charge in [0.15, 0.2) is 0 Å². The molecule has 1 fully saturated rings. The van der Waals surface area contributed by atoms with E-state index in [1.807, 2.05) is 41.6 Å². The molecule has 0 N–H and O–H groups in total. The molecule has 1 amide bonds. The van der Waals surface area contributed by atoms with Crippen molar-refractivity contribution in [2.45, 2.75) is 19.4 Å². The fourth-order valence-corrected chi connectivity index (χ4v) is 3.06. The van der Waals surface area contributed by atoms with Crippen molar-refractivity contribution in [2.24, 2.45) is 0 Å². The maximum absolute atomic E-state index is 12.4. The smallest absolute Gasteiger partial charge is 0.222 e. The number of piperazine rings is 1. The third-order valence-corrected chi connectivity index (χ3v) is 4.59. The predicted octanol–water partition coefficient (Wildman–Crippen LogP) is 2.23. The number of hydrogen-bond acceptors (Lipinski definition) is 4. The van der Waals surface area contributed by atoms with Crippen LogP contribution in [0.4, 0.5) is 0 Å².